The summed E-state index contributed by atoms with van der Waals surface area (Å²) in [4.78, 5) is 36.9. The van der Waals surface area contributed by atoms with Gasteiger partial charge in [0.2, 0.25) is 31.9 Å². The lowest BCUT2D eigenvalue weighted by Gasteiger charge is -2.20. The lowest BCUT2D eigenvalue weighted by molar-refractivity contribution is -0.122. The molecule has 0 spiro atoms. The van der Waals surface area contributed by atoms with E-state index in [0.717, 1.165) is 6.42 Å². The standard InChI is InChI=1S/C32H36ClN3O10S2/c1-45-32(40)30-26(37)12-9-13-27(30)46-17-8-3-2-7-16-34-31(39)25(35-47(41,42)22-10-5-4-6-11-22)19-21-14-15-23(24(33)18-21)28-20-29(38)36-48(28,43)44/h4-6,9-15,18,25,28,35,37H,2-3,7-8,16-17,19-20H2,1H3,(H,34,39)(H,36,38). The van der Waals surface area contributed by atoms with E-state index in [9.17, 15) is 36.3 Å². The van der Waals surface area contributed by atoms with Gasteiger partial charge < -0.3 is 19.9 Å². The van der Waals surface area contributed by atoms with Gasteiger partial charge in [-0.25, -0.2) is 21.6 Å². The Balaban J connectivity index is 1.34. The molecule has 0 radical (unpaired) electrons. The van der Waals surface area contributed by atoms with Gasteiger partial charge in [-0.05, 0) is 60.7 Å². The minimum Gasteiger partial charge on any atom is -0.507 e. The highest BCUT2D eigenvalue weighted by molar-refractivity contribution is 7.90. The Labute approximate surface area is 284 Å². The molecule has 0 bridgehead atoms. The molecule has 0 aliphatic carbocycles. The summed E-state index contributed by atoms with van der Waals surface area (Å²) in [6, 6.07) is 15.3. The molecule has 1 saturated heterocycles. The number of phenols is 1. The van der Waals surface area contributed by atoms with Crippen LogP contribution in [0, 0.1) is 0 Å². The number of sulfonamides is 2. The van der Waals surface area contributed by atoms with E-state index in [1.54, 1.807) is 36.4 Å². The quantitative estimate of drug-likeness (QED) is 0.126. The Morgan fingerprint density at radius 2 is 1.77 bits per heavy atom. The summed E-state index contributed by atoms with van der Waals surface area (Å²) < 4.78 is 65.7. The zero-order valence-electron chi connectivity index (χ0n) is 26.0. The van der Waals surface area contributed by atoms with Gasteiger partial charge in [-0.15, -0.1) is 0 Å². The summed E-state index contributed by atoms with van der Waals surface area (Å²) in [5.74, 6) is -1.94. The van der Waals surface area contributed by atoms with E-state index in [-0.39, 0.29) is 58.5 Å². The number of phenolic OH excluding ortho intramolecular Hbond substituents is 1. The number of hydrogen-bond donors (Lipinski definition) is 4. The summed E-state index contributed by atoms with van der Waals surface area (Å²) in [6.07, 6.45) is 2.30. The maximum Gasteiger partial charge on any atom is 0.345 e. The molecule has 0 aromatic heterocycles. The van der Waals surface area contributed by atoms with Crippen molar-refractivity contribution in [1.29, 1.82) is 0 Å². The number of carbonyl (C=O) groups excluding carboxylic acids is 3. The predicted octanol–water partition coefficient (Wildman–Crippen LogP) is 3.37. The molecule has 2 atom stereocenters. The molecule has 48 heavy (non-hydrogen) atoms. The first-order valence-electron chi connectivity index (χ1n) is 15.0. The van der Waals surface area contributed by atoms with Crippen LogP contribution in [0.3, 0.4) is 0 Å². The highest BCUT2D eigenvalue weighted by atomic mass is 35.5. The Morgan fingerprint density at radius 3 is 2.44 bits per heavy atom. The number of benzene rings is 3. The van der Waals surface area contributed by atoms with Gasteiger partial charge in [0.15, 0.2) is 0 Å². The van der Waals surface area contributed by atoms with Crippen molar-refractivity contribution < 1.29 is 45.8 Å². The molecule has 16 heteroatoms. The lowest BCUT2D eigenvalue weighted by atomic mass is 10.0. The van der Waals surface area contributed by atoms with Crippen LogP contribution in [-0.2, 0) is 40.8 Å². The third-order valence-electron chi connectivity index (χ3n) is 7.54. The topological polar surface area (TPSA) is 194 Å². The summed E-state index contributed by atoms with van der Waals surface area (Å²) in [5, 5.41) is 11.7. The highest BCUT2D eigenvalue weighted by Crippen LogP contribution is 2.35. The first-order chi connectivity index (χ1) is 22.8. The number of aromatic hydroxyl groups is 1. The SMILES string of the molecule is COC(=O)c1c(O)cccc1OCCCCCCNC(=O)C(Cc1ccc(C2CC(=O)NS2(=O)=O)c(Cl)c1)NS(=O)(=O)c1ccccc1. The van der Waals surface area contributed by atoms with E-state index in [1.165, 1.54) is 37.4 Å². The number of amides is 2. The molecule has 258 valence electrons. The molecule has 1 heterocycles. The zero-order chi connectivity index (χ0) is 34.9. The van der Waals surface area contributed by atoms with Crippen molar-refractivity contribution in [3.8, 4) is 11.5 Å². The largest absolute Gasteiger partial charge is 0.507 e. The molecule has 3 aromatic rings. The number of ether oxygens (including phenoxy) is 2. The van der Waals surface area contributed by atoms with E-state index >= 15 is 0 Å². The van der Waals surface area contributed by atoms with E-state index in [1.807, 2.05) is 4.72 Å². The molecule has 1 aliphatic rings. The van der Waals surface area contributed by atoms with Gasteiger partial charge in [-0.2, -0.15) is 4.72 Å². The summed E-state index contributed by atoms with van der Waals surface area (Å²) in [5.41, 5.74) is 0.645. The molecule has 1 aliphatic heterocycles. The smallest absolute Gasteiger partial charge is 0.345 e. The number of methoxy groups -OCH3 is 1. The van der Waals surface area contributed by atoms with Gasteiger partial charge in [-0.3, -0.25) is 14.3 Å². The van der Waals surface area contributed by atoms with E-state index in [4.69, 9.17) is 21.1 Å². The van der Waals surface area contributed by atoms with E-state index in [2.05, 4.69) is 10.0 Å². The van der Waals surface area contributed by atoms with Gasteiger partial charge in [-0.1, -0.05) is 60.8 Å². The van der Waals surface area contributed by atoms with Crippen LogP contribution in [0.2, 0.25) is 5.02 Å². The minimum atomic E-state index is -4.09. The third kappa shape index (κ3) is 9.46. The average Bonchev–Trinajstić information content (AvgIpc) is 3.32. The average molecular weight is 722 g/mol. The fraction of sp³-hybridized carbons (Fsp3) is 0.344. The van der Waals surface area contributed by atoms with Crippen molar-refractivity contribution in [1.82, 2.24) is 14.8 Å². The van der Waals surface area contributed by atoms with Gasteiger partial charge in [0, 0.05) is 11.6 Å². The summed E-state index contributed by atoms with van der Waals surface area (Å²) >= 11 is 6.42. The number of unbranched alkanes of at least 4 members (excludes halogenated alkanes) is 3. The number of esters is 1. The van der Waals surface area contributed by atoms with Crippen LogP contribution in [0.1, 0.15) is 58.8 Å². The summed E-state index contributed by atoms with van der Waals surface area (Å²) in [6.45, 7) is 0.548. The van der Waals surface area contributed by atoms with Crippen molar-refractivity contribution in [2.24, 2.45) is 0 Å². The molecule has 4 N–H and O–H groups in total. The Bertz CT molecular complexity index is 1850. The molecule has 0 saturated carbocycles. The van der Waals surface area contributed by atoms with Crippen molar-refractivity contribution in [3.05, 3.63) is 88.4 Å². The van der Waals surface area contributed by atoms with Crippen LogP contribution >= 0.6 is 11.6 Å². The second-order valence-electron chi connectivity index (χ2n) is 11.0. The van der Waals surface area contributed by atoms with E-state index < -0.39 is 49.1 Å². The first kappa shape index (κ1) is 36.7. The lowest BCUT2D eigenvalue weighted by Crippen LogP contribution is -2.48. The first-order valence-corrected chi connectivity index (χ1v) is 18.4. The molecule has 13 nitrogen and oxygen atoms in total. The summed E-state index contributed by atoms with van der Waals surface area (Å²) in [7, 11) is -6.81. The maximum absolute atomic E-state index is 13.3. The van der Waals surface area contributed by atoms with Crippen LogP contribution in [0.4, 0.5) is 0 Å². The Hall–Kier alpha value is -4.18. The highest BCUT2D eigenvalue weighted by Gasteiger charge is 2.39. The fourth-order valence-corrected chi connectivity index (χ4v) is 8.18. The minimum absolute atomic E-state index is 0.0218. The third-order valence-corrected chi connectivity index (χ3v) is 11.0. The van der Waals surface area contributed by atoms with Crippen LogP contribution < -0.4 is 19.5 Å². The Kier molecular flexibility index (Phi) is 12.4. The van der Waals surface area contributed by atoms with Crippen molar-refractivity contribution in [3.63, 3.8) is 0 Å². The second kappa shape index (κ2) is 16.3. The molecule has 2 unspecified atom stereocenters. The van der Waals surface area contributed by atoms with Crippen LogP contribution in [0.5, 0.6) is 11.5 Å². The van der Waals surface area contributed by atoms with E-state index in [0.29, 0.717) is 24.8 Å². The van der Waals surface area contributed by atoms with Gasteiger partial charge in [0.05, 0.1) is 25.0 Å². The normalized spacial score (nSPS) is 16.1. The van der Waals surface area contributed by atoms with Gasteiger partial charge in [0.25, 0.3) is 0 Å². The molecular weight excluding hydrogens is 686 g/mol. The fourth-order valence-electron chi connectivity index (χ4n) is 5.11. The van der Waals surface area contributed by atoms with Gasteiger partial charge in [0.1, 0.15) is 28.4 Å². The number of nitrogens with one attached hydrogen (secondary N) is 3. The van der Waals surface area contributed by atoms with Gasteiger partial charge >= 0.3 is 5.97 Å². The van der Waals surface area contributed by atoms with Crippen molar-refractivity contribution in [2.45, 2.75) is 54.7 Å². The van der Waals surface area contributed by atoms with Crippen LogP contribution in [-0.4, -0.2) is 66.0 Å². The van der Waals surface area contributed by atoms with Crippen molar-refractivity contribution >= 4 is 49.4 Å². The second-order valence-corrected chi connectivity index (χ2v) is 15.0. The number of hydrogen-bond acceptors (Lipinski definition) is 10. The predicted molar refractivity (Wildman–Crippen MR) is 177 cm³/mol. The molecule has 1 fully saturated rings. The zero-order valence-corrected chi connectivity index (χ0v) is 28.4. The number of carbonyl (C=O) groups is 3. The number of rotatable bonds is 16. The Morgan fingerprint density at radius 1 is 1.04 bits per heavy atom. The maximum atomic E-state index is 13.3. The number of halogens is 1. The van der Waals surface area contributed by atoms with Crippen molar-refractivity contribution in [2.75, 3.05) is 20.3 Å². The van der Waals surface area contributed by atoms with Crippen LogP contribution in [0.15, 0.2) is 71.6 Å². The molecular formula is C32H36ClN3O10S2. The molecule has 4 rings (SSSR count). The monoisotopic (exact) mass is 721 g/mol. The van der Waals surface area contributed by atoms with Crippen LogP contribution in [0.25, 0.3) is 0 Å². The molecule has 2 amide bonds. The molecule has 3 aromatic carbocycles.